The number of hydrogen-bond acceptors (Lipinski definition) is 6. The van der Waals surface area contributed by atoms with Crippen LogP contribution in [0.5, 0.6) is 5.88 Å². The SMILES string of the molecule is CC(C)(C)OC(=O)CC1CCC(Oc2cc(Cl)nc(N)n2)CC1. The van der Waals surface area contributed by atoms with Gasteiger partial charge in [0.05, 0.1) is 0 Å². The highest BCUT2D eigenvalue weighted by atomic mass is 35.5. The van der Waals surface area contributed by atoms with Crippen LogP contribution in [0.2, 0.25) is 5.15 Å². The number of esters is 1. The minimum atomic E-state index is -0.427. The van der Waals surface area contributed by atoms with Gasteiger partial charge < -0.3 is 15.2 Å². The number of rotatable bonds is 4. The zero-order chi connectivity index (χ0) is 17.0. The zero-order valence-electron chi connectivity index (χ0n) is 13.8. The molecule has 0 aromatic carbocycles. The van der Waals surface area contributed by atoms with Gasteiger partial charge >= 0.3 is 5.97 Å². The molecule has 1 fully saturated rings. The molecular weight excluding hydrogens is 318 g/mol. The van der Waals surface area contributed by atoms with Crippen LogP contribution in [0.25, 0.3) is 0 Å². The number of anilines is 1. The van der Waals surface area contributed by atoms with Crippen molar-refractivity contribution in [2.75, 3.05) is 5.73 Å². The fourth-order valence-corrected chi connectivity index (χ4v) is 2.90. The zero-order valence-corrected chi connectivity index (χ0v) is 14.6. The number of nitrogens with two attached hydrogens (primary N) is 1. The maximum absolute atomic E-state index is 11.9. The molecule has 1 aromatic heterocycles. The van der Waals surface area contributed by atoms with E-state index in [-0.39, 0.29) is 23.2 Å². The maximum atomic E-state index is 11.9. The van der Waals surface area contributed by atoms with Crippen molar-refractivity contribution in [2.24, 2.45) is 5.92 Å². The molecule has 0 amide bonds. The topological polar surface area (TPSA) is 87.3 Å². The summed E-state index contributed by atoms with van der Waals surface area (Å²) in [5, 5.41) is 0.270. The predicted molar refractivity (Wildman–Crippen MR) is 88.3 cm³/mol. The van der Waals surface area contributed by atoms with Gasteiger partial charge in [-0.2, -0.15) is 4.98 Å². The molecule has 1 aliphatic rings. The molecule has 2 N–H and O–H groups in total. The van der Waals surface area contributed by atoms with Crippen molar-refractivity contribution < 1.29 is 14.3 Å². The first-order valence-corrected chi connectivity index (χ1v) is 8.27. The highest BCUT2D eigenvalue weighted by Gasteiger charge is 2.26. The van der Waals surface area contributed by atoms with E-state index in [0.29, 0.717) is 18.2 Å². The number of nitrogen functional groups attached to an aromatic ring is 1. The third-order valence-corrected chi connectivity index (χ3v) is 3.84. The third-order valence-electron chi connectivity index (χ3n) is 3.65. The van der Waals surface area contributed by atoms with Crippen molar-refractivity contribution in [3.63, 3.8) is 0 Å². The predicted octanol–water partition coefficient (Wildman–Crippen LogP) is 3.38. The quantitative estimate of drug-likeness (QED) is 0.667. The molecule has 0 radical (unpaired) electrons. The maximum Gasteiger partial charge on any atom is 0.306 e. The van der Waals surface area contributed by atoms with E-state index in [1.165, 1.54) is 0 Å². The molecule has 128 valence electrons. The second-order valence-corrected chi connectivity index (χ2v) is 7.33. The lowest BCUT2D eigenvalue weighted by atomic mass is 9.85. The molecule has 0 unspecified atom stereocenters. The first-order valence-electron chi connectivity index (χ1n) is 7.90. The van der Waals surface area contributed by atoms with E-state index in [4.69, 9.17) is 26.8 Å². The molecule has 0 aliphatic heterocycles. The Morgan fingerprint density at radius 3 is 2.52 bits per heavy atom. The smallest absolute Gasteiger partial charge is 0.306 e. The summed E-state index contributed by atoms with van der Waals surface area (Å²) >= 11 is 5.84. The second kappa shape index (κ2) is 7.34. The van der Waals surface area contributed by atoms with Crippen molar-refractivity contribution >= 4 is 23.5 Å². The number of hydrogen-bond donors (Lipinski definition) is 1. The Morgan fingerprint density at radius 1 is 1.30 bits per heavy atom. The van der Waals surface area contributed by atoms with Crippen LogP contribution >= 0.6 is 11.6 Å². The van der Waals surface area contributed by atoms with Gasteiger partial charge in [0.2, 0.25) is 11.8 Å². The van der Waals surface area contributed by atoms with E-state index in [1.807, 2.05) is 20.8 Å². The van der Waals surface area contributed by atoms with E-state index in [0.717, 1.165) is 25.7 Å². The van der Waals surface area contributed by atoms with Crippen LogP contribution in [0.3, 0.4) is 0 Å². The minimum absolute atomic E-state index is 0.0650. The molecule has 7 heteroatoms. The van der Waals surface area contributed by atoms with Crippen LogP contribution in [0.15, 0.2) is 6.07 Å². The molecule has 1 aliphatic carbocycles. The van der Waals surface area contributed by atoms with Gasteiger partial charge in [0.15, 0.2) is 0 Å². The lowest BCUT2D eigenvalue weighted by molar-refractivity contribution is -0.156. The van der Waals surface area contributed by atoms with Crippen molar-refractivity contribution in [3.05, 3.63) is 11.2 Å². The molecule has 1 saturated carbocycles. The minimum Gasteiger partial charge on any atom is -0.474 e. The number of halogens is 1. The van der Waals surface area contributed by atoms with E-state index in [9.17, 15) is 4.79 Å². The fourth-order valence-electron chi connectivity index (χ4n) is 2.72. The molecule has 0 bridgehead atoms. The van der Waals surface area contributed by atoms with Gasteiger partial charge in [0.1, 0.15) is 16.9 Å². The van der Waals surface area contributed by atoms with Crippen molar-refractivity contribution in [1.29, 1.82) is 0 Å². The first-order chi connectivity index (χ1) is 10.7. The summed E-state index contributed by atoms with van der Waals surface area (Å²) in [5.74, 6) is 0.727. The Hall–Kier alpha value is -1.56. The van der Waals surface area contributed by atoms with Crippen LogP contribution in [-0.2, 0) is 9.53 Å². The number of carbonyl (C=O) groups is 1. The summed E-state index contributed by atoms with van der Waals surface area (Å²) in [4.78, 5) is 19.7. The van der Waals surface area contributed by atoms with Crippen LogP contribution in [0.1, 0.15) is 52.9 Å². The van der Waals surface area contributed by atoms with Crippen LogP contribution < -0.4 is 10.5 Å². The summed E-state index contributed by atoms with van der Waals surface area (Å²) in [6.45, 7) is 5.65. The Bertz CT molecular complexity index is 532. The molecule has 1 heterocycles. The molecular formula is C16H24ClN3O3. The van der Waals surface area contributed by atoms with Crippen LogP contribution in [-0.4, -0.2) is 27.6 Å². The van der Waals surface area contributed by atoms with Gasteiger partial charge in [0, 0.05) is 12.5 Å². The van der Waals surface area contributed by atoms with Crippen molar-refractivity contribution in [1.82, 2.24) is 9.97 Å². The fraction of sp³-hybridized carbons (Fsp3) is 0.688. The summed E-state index contributed by atoms with van der Waals surface area (Å²) < 4.78 is 11.2. The summed E-state index contributed by atoms with van der Waals surface area (Å²) in [6, 6.07) is 1.56. The Kier molecular flexibility index (Phi) is 5.68. The molecule has 0 atom stereocenters. The highest BCUT2D eigenvalue weighted by molar-refractivity contribution is 6.29. The van der Waals surface area contributed by atoms with Gasteiger partial charge in [0.25, 0.3) is 0 Å². The second-order valence-electron chi connectivity index (χ2n) is 6.94. The lowest BCUT2D eigenvalue weighted by Gasteiger charge is -2.29. The monoisotopic (exact) mass is 341 g/mol. The Labute approximate surface area is 141 Å². The summed E-state index contributed by atoms with van der Waals surface area (Å²) in [6.07, 6.45) is 4.13. The average molecular weight is 342 g/mol. The van der Waals surface area contributed by atoms with Gasteiger partial charge in [-0.15, -0.1) is 0 Å². The largest absolute Gasteiger partial charge is 0.474 e. The van der Waals surface area contributed by atoms with Gasteiger partial charge in [-0.3, -0.25) is 4.79 Å². The Balaban J connectivity index is 1.78. The highest BCUT2D eigenvalue weighted by Crippen LogP contribution is 2.30. The molecule has 0 spiro atoms. The number of aromatic nitrogens is 2. The number of nitrogens with zero attached hydrogens (tertiary/aromatic N) is 2. The van der Waals surface area contributed by atoms with Crippen molar-refractivity contribution in [2.45, 2.75) is 64.6 Å². The van der Waals surface area contributed by atoms with Gasteiger partial charge in [-0.05, 0) is 52.4 Å². The number of ether oxygens (including phenoxy) is 2. The van der Waals surface area contributed by atoms with Gasteiger partial charge in [-0.1, -0.05) is 11.6 Å². The van der Waals surface area contributed by atoms with Gasteiger partial charge in [-0.25, -0.2) is 4.98 Å². The van der Waals surface area contributed by atoms with Crippen molar-refractivity contribution in [3.8, 4) is 5.88 Å². The summed E-state index contributed by atoms with van der Waals surface area (Å²) in [7, 11) is 0. The third kappa shape index (κ3) is 6.22. The average Bonchev–Trinajstić information content (AvgIpc) is 2.37. The van der Waals surface area contributed by atoms with E-state index < -0.39 is 5.60 Å². The van der Waals surface area contributed by atoms with Crippen LogP contribution in [0.4, 0.5) is 5.95 Å². The normalized spacial score (nSPS) is 21.7. The van der Waals surface area contributed by atoms with E-state index in [2.05, 4.69) is 9.97 Å². The Morgan fingerprint density at radius 2 is 1.96 bits per heavy atom. The molecule has 6 nitrogen and oxygen atoms in total. The standard InChI is InChI=1S/C16H24ClN3O3/c1-16(2,3)23-14(21)8-10-4-6-11(7-5-10)22-13-9-12(17)19-15(18)20-13/h9-11H,4-8H2,1-3H3,(H2,18,19,20). The molecule has 1 aromatic rings. The molecule has 2 rings (SSSR count). The number of carbonyl (C=O) groups excluding carboxylic acids is 1. The van der Waals surface area contributed by atoms with E-state index in [1.54, 1.807) is 6.07 Å². The lowest BCUT2D eigenvalue weighted by Crippen LogP contribution is -2.28. The van der Waals surface area contributed by atoms with E-state index >= 15 is 0 Å². The first kappa shape index (κ1) is 17.8. The van der Waals surface area contributed by atoms with Crippen LogP contribution in [0, 0.1) is 5.92 Å². The summed E-state index contributed by atoms with van der Waals surface area (Å²) in [5.41, 5.74) is 5.13. The molecule has 23 heavy (non-hydrogen) atoms. The molecule has 0 saturated heterocycles.